The molecular formula is C16H16Na2O10S. The van der Waals surface area contributed by atoms with E-state index in [0.717, 1.165) is 35.5 Å². The number of carbonyl (C=O) groups excluding carboxylic acids is 5. The minimum absolute atomic E-state index is 0. The summed E-state index contributed by atoms with van der Waals surface area (Å²) in [5, 5.41) is 0. The molecule has 0 aromatic heterocycles. The predicted octanol–water partition coefficient (Wildman–Crippen LogP) is 0.147. The molecule has 0 saturated heterocycles. The van der Waals surface area contributed by atoms with Crippen LogP contribution in [0, 0.1) is 0 Å². The number of esters is 5. The molecule has 0 unspecified atom stereocenters. The van der Waals surface area contributed by atoms with Gasteiger partial charge in [-0.1, -0.05) is 0 Å². The Labute approximate surface area is 215 Å². The van der Waals surface area contributed by atoms with Gasteiger partial charge in [-0.25, -0.2) is 24.0 Å². The van der Waals surface area contributed by atoms with Crippen LogP contribution in [0.15, 0.2) is 4.90 Å². The Bertz CT molecular complexity index is 780. The minimum Gasteiger partial charge on any atom is -0.465 e. The SMILES string of the molecule is COC(=O)c1c(S)c(C(=O)OC)c(C(=O)OC)c(C(=O)OC)c1C(=O)OC.[Na].[Na]. The molecule has 0 heterocycles. The third-order valence-corrected chi connectivity index (χ3v) is 3.87. The van der Waals surface area contributed by atoms with Gasteiger partial charge in [0, 0.05) is 64.0 Å². The van der Waals surface area contributed by atoms with Crippen molar-refractivity contribution in [3.63, 3.8) is 0 Å². The third-order valence-electron chi connectivity index (χ3n) is 3.42. The molecule has 0 fully saturated rings. The smallest absolute Gasteiger partial charge is 0.339 e. The molecular weight excluding hydrogens is 430 g/mol. The molecule has 1 aromatic rings. The number of hydrogen-bond donors (Lipinski definition) is 1. The van der Waals surface area contributed by atoms with Gasteiger partial charge < -0.3 is 23.7 Å². The van der Waals surface area contributed by atoms with Crippen molar-refractivity contribution in [1.82, 2.24) is 0 Å². The summed E-state index contributed by atoms with van der Waals surface area (Å²) in [5.41, 5.74) is -3.24. The van der Waals surface area contributed by atoms with Crippen LogP contribution in [0.4, 0.5) is 0 Å². The topological polar surface area (TPSA) is 132 Å². The quantitative estimate of drug-likeness (QED) is 0.288. The van der Waals surface area contributed by atoms with Crippen LogP contribution in [-0.4, -0.2) is 125 Å². The van der Waals surface area contributed by atoms with Gasteiger partial charge in [0.2, 0.25) is 0 Å². The predicted molar refractivity (Wildman–Crippen MR) is 102 cm³/mol. The average molecular weight is 446 g/mol. The molecule has 0 amide bonds. The van der Waals surface area contributed by atoms with E-state index in [1.807, 2.05) is 0 Å². The monoisotopic (exact) mass is 446 g/mol. The van der Waals surface area contributed by atoms with Crippen molar-refractivity contribution >= 4 is 102 Å². The Kier molecular flexibility index (Phi) is 13.8. The molecule has 13 heteroatoms. The molecule has 148 valence electrons. The Balaban J connectivity index is 0. The molecule has 0 aliphatic heterocycles. The number of carbonyl (C=O) groups is 5. The first-order chi connectivity index (χ1) is 12.7. The van der Waals surface area contributed by atoms with Gasteiger partial charge in [-0.05, 0) is 0 Å². The molecule has 1 aromatic carbocycles. The second kappa shape index (κ2) is 13.3. The van der Waals surface area contributed by atoms with E-state index >= 15 is 0 Å². The van der Waals surface area contributed by atoms with Crippen LogP contribution >= 0.6 is 12.6 Å². The van der Waals surface area contributed by atoms with Crippen molar-refractivity contribution < 1.29 is 47.7 Å². The summed E-state index contributed by atoms with van der Waals surface area (Å²) in [6, 6.07) is 0. The molecule has 2 radical (unpaired) electrons. The van der Waals surface area contributed by atoms with E-state index < -0.39 is 62.6 Å². The number of methoxy groups -OCH3 is 5. The largest absolute Gasteiger partial charge is 0.465 e. The zero-order valence-electron chi connectivity index (χ0n) is 17.0. The normalized spacial score (nSPS) is 9.17. The molecule has 0 atom stereocenters. The number of rotatable bonds is 5. The van der Waals surface area contributed by atoms with E-state index in [4.69, 9.17) is 0 Å². The average Bonchev–Trinajstić information content (AvgIpc) is 2.69. The van der Waals surface area contributed by atoms with Crippen molar-refractivity contribution in [2.75, 3.05) is 35.5 Å². The fourth-order valence-electron chi connectivity index (χ4n) is 2.26. The molecule has 10 nitrogen and oxygen atoms in total. The third kappa shape index (κ3) is 5.97. The Morgan fingerprint density at radius 2 is 0.655 bits per heavy atom. The molecule has 0 N–H and O–H groups in total. The summed E-state index contributed by atoms with van der Waals surface area (Å²) in [6.07, 6.45) is 0. The maximum absolute atomic E-state index is 12.4. The Morgan fingerprint density at radius 1 is 0.483 bits per heavy atom. The van der Waals surface area contributed by atoms with E-state index in [2.05, 4.69) is 36.3 Å². The van der Waals surface area contributed by atoms with Gasteiger partial charge in [-0.2, -0.15) is 0 Å². The molecule has 0 spiro atoms. The van der Waals surface area contributed by atoms with Crippen LogP contribution < -0.4 is 0 Å². The van der Waals surface area contributed by atoms with Crippen molar-refractivity contribution in [2.24, 2.45) is 0 Å². The van der Waals surface area contributed by atoms with Crippen molar-refractivity contribution in [3.05, 3.63) is 27.8 Å². The van der Waals surface area contributed by atoms with Crippen LogP contribution in [0.3, 0.4) is 0 Å². The maximum atomic E-state index is 12.4. The summed E-state index contributed by atoms with van der Waals surface area (Å²) < 4.78 is 23.0. The molecule has 1 rings (SSSR count). The van der Waals surface area contributed by atoms with E-state index in [1.165, 1.54) is 0 Å². The molecule has 0 bridgehead atoms. The second-order valence-corrected chi connectivity index (χ2v) is 5.13. The molecule has 0 aliphatic carbocycles. The number of thiol groups is 1. The van der Waals surface area contributed by atoms with Gasteiger partial charge in [0.25, 0.3) is 0 Å². The Morgan fingerprint density at radius 3 is 0.862 bits per heavy atom. The van der Waals surface area contributed by atoms with Crippen molar-refractivity contribution in [3.8, 4) is 0 Å². The molecule has 0 aliphatic rings. The minimum atomic E-state index is -1.21. The van der Waals surface area contributed by atoms with E-state index in [9.17, 15) is 24.0 Å². The number of benzene rings is 1. The van der Waals surface area contributed by atoms with Gasteiger partial charge in [0.05, 0.1) is 63.4 Å². The summed E-state index contributed by atoms with van der Waals surface area (Å²) in [5.74, 6) is -5.79. The van der Waals surface area contributed by atoms with Crippen molar-refractivity contribution in [2.45, 2.75) is 4.90 Å². The molecule has 29 heavy (non-hydrogen) atoms. The van der Waals surface area contributed by atoms with E-state index in [-0.39, 0.29) is 59.1 Å². The van der Waals surface area contributed by atoms with Gasteiger partial charge in [-0.15, -0.1) is 12.6 Å². The standard InChI is InChI=1S/C16H16O10S.2Na/c1-22-12(17)6-7(13(18)23-2)9(15(20)25-4)11(27)10(16(21)26-5)8(6)14(19)24-3;;/h27H,1-5H3;;. The first-order valence-corrected chi connectivity index (χ1v) is 7.50. The van der Waals surface area contributed by atoms with Gasteiger partial charge in [-0.3, -0.25) is 0 Å². The second-order valence-electron chi connectivity index (χ2n) is 4.68. The first kappa shape index (κ1) is 30.1. The summed E-state index contributed by atoms with van der Waals surface area (Å²) in [6.45, 7) is 0. The van der Waals surface area contributed by atoms with E-state index in [1.54, 1.807) is 0 Å². The van der Waals surface area contributed by atoms with E-state index in [0.29, 0.717) is 0 Å². The fraction of sp³-hybridized carbons (Fsp3) is 0.312. The summed E-state index contributed by atoms with van der Waals surface area (Å²) in [7, 11) is 4.93. The van der Waals surface area contributed by atoms with Gasteiger partial charge >= 0.3 is 29.8 Å². The van der Waals surface area contributed by atoms with Crippen molar-refractivity contribution in [1.29, 1.82) is 0 Å². The summed E-state index contributed by atoms with van der Waals surface area (Å²) in [4.78, 5) is 61.1. The van der Waals surface area contributed by atoms with Crippen LogP contribution in [0.1, 0.15) is 51.8 Å². The number of ether oxygens (including phenoxy) is 5. The fourth-order valence-corrected chi connectivity index (χ4v) is 2.66. The maximum Gasteiger partial charge on any atom is 0.339 e. The van der Waals surface area contributed by atoms with Crippen LogP contribution in [0.5, 0.6) is 0 Å². The van der Waals surface area contributed by atoms with Crippen LogP contribution in [-0.2, 0) is 23.7 Å². The zero-order chi connectivity index (χ0) is 20.9. The summed E-state index contributed by atoms with van der Waals surface area (Å²) >= 11 is 4.08. The Hall–Kier alpha value is -1.08. The molecule has 0 saturated carbocycles. The number of hydrogen-bond acceptors (Lipinski definition) is 11. The van der Waals surface area contributed by atoms with Gasteiger partial charge in [0.1, 0.15) is 0 Å². The van der Waals surface area contributed by atoms with Crippen LogP contribution in [0.2, 0.25) is 0 Å². The van der Waals surface area contributed by atoms with Gasteiger partial charge in [0.15, 0.2) is 0 Å². The zero-order valence-corrected chi connectivity index (χ0v) is 21.9. The van der Waals surface area contributed by atoms with Crippen LogP contribution in [0.25, 0.3) is 0 Å². The first-order valence-electron chi connectivity index (χ1n) is 7.06.